The second-order valence-electron chi connectivity index (χ2n) is 4.89. The number of imidazole rings is 1. The average molecular weight is 277 g/mol. The van der Waals surface area contributed by atoms with Crippen molar-refractivity contribution in [2.24, 2.45) is 0 Å². The van der Waals surface area contributed by atoms with Gasteiger partial charge in [-0.2, -0.15) is 9.97 Å². The van der Waals surface area contributed by atoms with Crippen LogP contribution in [-0.2, 0) is 4.74 Å². The monoisotopic (exact) mass is 277 g/mol. The van der Waals surface area contributed by atoms with Gasteiger partial charge in [-0.25, -0.2) is 4.98 Å². The molecular formula is C13H19N5O2. The number of fused-ring (bicyclic) bond motifs is 1. The van der Waals surface area contributed by atoms with Crippen LogP contribution in [0.4, 0.5) is 5.82 Å². The lowest BCUT2D eigenvalue weighted by Gasteiger charge is -2.23. The van der Waals surface area contributed by atoms with E-state index >= 15 is 0 Å². The zero-order valence-electron chi connectivity index (χ0n) is 11.6. The highest BCUT2D eigenvalue weighted by atomic mass is 16.5. The van der Waals surface area contributed by atoms with Gasteiger partial charge in [0.25, 0.3) is 0 Å². The smallest absolute Gasteiger partial charge is 0.320 e. The van der Waals surface area contributed by atoms with E-state index in [2.05, 4.69) is 15.0 Å². The molecule has 1 unspecified atom stereocenters. The molecule has 0 amide bonds. The molecule has 1 aliphatic heterocycles. The van der Waals surface area contributed by atoms with Crippen molar-refractivity contribution >= 4 is 17.0 Å². The van der Waals surface area contributed by atoms with Gasteiger partial charge in [-0.3, -0.25) is 4.57 Å². The number of hydrogen-bond acceptors (Lipinski definition) is 6. The van der Waals surface area contributed by atoms with Crippen LogP contribution in [0.1, 0.15) is 38.8 Å². The number of hydrogen-bond donors (Lipinski definition) is 1. The molecule has 3 rings (SSSR count). The first-order chi connectivity index (χ1) is 9.79. The van der Waals surface area contributed by atoms with Crippen molar-refractivity contribution in [3.63, 3.8) is 0 Å². The summed E-state index contributed by atoms with van der Waals surface area (Å²) in [4.78, 5) is 12.8. The minimum absolute atomic E-state index is 0.0259. The molecule has 0 radical (unpaired) electrons. The van der Waals surface area contributed by atoms with Crippen LogP contribution in [0.15, 0.2) is 6.33 Å². The van der Waals surface area contributed by atoms with E-state index in [0.29, 0.717) is 29.6 Å². The summed E-state index contributed by atoms with van der Waals surface area (Å²) >= 11 is 0. The zero-order valence-corrected chi connectivity index (χ0v) is 11.6. The fourth-order valence-corrected chi connectivity index (χ4v) is 2.33. The Bertz CT molecular complexity index is 592. The van der Waals surface area contributed by atoms with Crippen LogP contribution in [-0.4, -0.2) is 32.7 Å². The normalized spacial score (nSPS) is 19.4. The first-order valence-corrected chi connectivity index (χ1v) is 7.04. The van der Waals surface area contributed by atoms with Crippen molar-refractivity contribution < 1.29 is 9.47 Å². The van der Waals surface area contributed by atoms with Crippen molar-refractivity contribution in [1.29, 1.82) is 0 Å². The molecule has 1 fully saturated rings. The number of ether oxygens (including phenoxy) is 2. The predicted octanol–water partition coefficient (Wildman–Crippen LogP) is 1.90. The molecule has 108 valence electrons. The summed E-state index contributed by atoms with van der Waals surface area (Å²) in [7, 11) is 0. The Labute approximate surface area is 117 Å². The van der Waals surface area contributed by atoms with Gasteiger partial charge < -0.3 is 15.2 Å². The molecule has 1 atom stereocenters. The third-order valence-electron chi connectivity index (χ3n) is 3.33. The van der Waals surface area contributed by atoms with Crippen LogP contribution >= 0.6 is 0 Å². The number of aromatic nitrogens is 4. The van der Waals surface area contributed by atoms with E-state index in [0.717, 1.165) is 32.3 Å². The maximum atomic E-state index is 5.92. The molecule has 0 aliphatic carbocycles. The predicted molar refractivity (Wildman–Crippen MR) is 74.4 cm³/mol. The molecule has 0 aromatic carbocycles. The largest absolute Gasteiger partial charge is 0.463 e. The fraction of sp³-hybridized carbons (Fsp3) is 0.615. The maximum absolute atomic E-state index is 5.92. The third-order valence-corrected chi connectivity index (χ3v) is 3.33. The topological polar surface area (TPSA) is 88.1 Å². The summed E-state index contributed by atoms with van der Waals surface area (Å²) in [5, 5.41) is 0. The summed E-state index contributed by atoms with van der Waals surface area (Å²) in [5.41, 5.74) is 7.20. The Morgan fingerprint density at radius 1 is 1.45 bits per heavy atom. The first-order valence-electron chi connectivity index (χ1n) is 7.04. The summed E-state index contributed by atoms with van der Waals surface area (Å²) in [6.07, 6.45) is 5.79. The van der Waals surface area contributed by atoms with Crippen LogP contribution < -0.4 is 10.5 Å². The van der Waals surface area contributed by atoms with Crippen molar-refractivity contribution in [2.75, 3.05) is 18.9 Å². The molecule has 1 saturated heterocycles. The van der Waals surface area contributed by atoms with Gasteiger partial charge in [-0.1, -0.05) is 6.92 Å². The highest BCUT2D eigenvalue weighted by Crippen LogP contribution is 2.27. The number of anilines is 1. The summed E-state index contributed by atoms with van der Waals surface area (Å²) in [5.74, 6) is 0.343. The van der Waals surface area contributed by atoms with E-state index in [4.69, 9.17) is 15.2 Å². The van der Waals surface area contributed by atoms with Crippen LogP contribution in [0, 0.1) is 0 Å². The fourth-order valence-electron chi connectivity index (χ4n) is 2.33. The molecular weight excluding hydrogens is 258 g/mol. The lowest BCUT2D eigenvalue weighted by atomic mass is 10.2. The molecule has 7 nitrogen and oxygen atoms in total. The first kappa shape index (κ1) is 13.1. The van der Waals surface area contributed by atoms with E-state index in [1.165, 1.54) is 0 Å². The molecule has 2 aromatic rings. The maximum Gasteiger partial charge on any atom is 0.320 e. The summed E-state index contributed by atoms with van der Waals surface area (Å²) in [6.45, 7) is 3.37. The van der Waals surface area contributed by atoms with Gasteiger partial charge in [0, 0.05) is 6.61 Å². The van der Waals surface area contributed by atoms with Crippen LogP contribution in [0.25, 0.3) is 11.2 Å². The Kier molecular flexibility index (Phi) is 3.68. The SMILES string of the molecule is CCCOc1nc(N)c2ncn(C3CCCCO3)c2n1. The Hall–Kier alpha value is -1.89. The van der Waals surface area contributed by atoms with E-state index in [-0.39, 0.29) is 6.23 Å². The molecule has 1 aliphatic rings. The number of nitrogen functional groups attached to an aromatic ring is 1. The number of rotatable bonds is 4. The highest BCUT2D eigenvalue weighted by Gasteiger charge is 2.20. The molecule has 0 saturated carbocycles. The van der Waals surface area contributed by atoms with Gasteiger partial charge in [0.2, 0.25) is 0 Å². The lowest BCUT2D eigenvalue weighted by molar-refractivity contribution is -0.0298. The van der Waals surface area contributed by atoms with Crippen molar-refractivity contribution in [3.8, 4) is 6.01 Å². The molecule has 0 bridgehead atoms. The summed E-state index contributed by atoms with van der Waals surface area (Å²) < 4.78 is 13.2. The molecule has 7 heteroatoms. The quantitative estimate of drug-likeness (QED) is 0.918. The van der Waals surface area contributed by atoms with Crippen LogP contribution in [0.3, 0.4) is 0 Å². The van der Waals surface area contributed by atoms with Crippen molar-refractivity contribution in [2.45, 2.75) is 38.8 Å². The molecule has 2 aromatic heterocycles. The van der Waals surface area contributed by atoms with Gasteiger partial charge in [-0.15, -0.1) is 0 Å². The van der Waals surface area contributed by atoms with Gasteiger partial charge in [0.05, 0.1) is 12.9 Å². The Balaban J connectivity index is 1.98. The number of nitrogens with two attached hydrogens (primary N) is 1. The second-order valence-corrected chi connectivity index (χ2v) is 4.89. The number of nitrogens with zero attached hydrogens (tertiary/aromatic N) is 4. The van der Waals surface area contributed by atoms with Gasteiger partial charge in [-0.05, 0) is 25.7 Å². The van der Waals surface area contributed by atoms with Crippen molar-refractivity contribution in [3.05, 3.63) is 6.33 Å². The molecule has 2 N–H and O–H groups in total. The van der Waals surface area contributed by atoms with Gasteiger partial charge in [0.15, 0.2) is 17.0 Å². The molecule has 0 spiro atoms. The van der Waals surface area contributed by atoms with E-state index in [9.17, 15) is 0 Å². The van der Waals surface area contributed by atoms with Gasteiger partial charge >= 0.3 is 6.01 Å². The minimum Gasteiger partial charge on any atom is -0.463 e. The molecule has 20 heavy (non-hydrogen) atoms. The zero-order chi connectivity index (χ0) is 13.9. The van der Waals surface area contributed by atoms with E-state index in [1.807, 2.05) is 11.5 Å². The standard InChI is InChI=1S/C13H19N5O2/c1-2-6-20-13-16-11(14)10-12(17-13)18(8-15-10)9-5-3-4-7-19-9/h8-9H,2-7H2,1H3,(H2,14,16,17). The second kappa shape index (κ2) is 5.62. The van der Waals surface area contributed by atoms with Crippen molar-refractivity contribution in [1.82, 2.24) is 19.5 Å². The van der Waals surface area contributed by atoms with Gasteiger partial charge in [0.1, 0.15) is 6.23 Å². The Morgan fingerprint density at radius 2 is 2.35 bits per heavy atom. The lowest BCUT2D eigenvalue weighted by Crippen LogP contribution is -2.18. The highest BCUT2D eigenvalue weighted by molar-refractivity contribution is 5.81. The van der Waals surface area contributed by atoms with Crippen LogP contribution in [0.5, 0.6) is 6.01 Å². The summed E-state index contributed by atoms with van der Waals surface area (Å²) in [6, 6.07) is 0.300. The van der Waals surface area contributed by atoms with Crippen LogP contribution in [0.2, 0.25) is 0 Å². The van der Waals surface area contributed by atoms with E-state index < -0.39 is 0 Å². The Morgan fingerprint density at radius 3 is 3.10 bits per heavy atom. The third kappa shape index (κ3) is 2.40. The minimum atomic E-state index is -0.0259. The average Bonchev–Trinajstić information content (AvgIpc) is 2.90. The van der Waals surface area contributed by atoms with E-state index in [1.54, 1.807) is 6.33 Å². The molecule has 3 heterocycles.